The molecule has 4 aromatic rings. The van der Waals surface area contributed by atoms with Gasteiger partial charge in [-0.15, -0.1) is 0 Å². The van der Waals surface area contributed by atoms with Crippen molar-refractivity contribution in [1.29, 1.82) is 0 Å². The Labute approximate surface area is 162 Å². The molecule has 29 heavy (non-hydrogen) atoms. The SMILES string of the molecule is FC(F)(F)c1cc(-c2nc(-c3ccc4nc[nH]c4c3)no2)ccc1OCC1CC1. The maximum absolute atomic E-state index is 13.5. The summed E-state index contributed by atoms with van der Waals surface area (Å²) in [6.07, 6.45) is -0.992. The van der Waals surface area contributed by atoms with E-state index in [4.69, 9.17) is 9.26 Å². The van der Waals surface area contributed by atoms with Crippen LogP contribution in [-0.2, 0) is 6.18 Å². The molecule has 1 fully saturated rings. The van der Waals surface area contributed by atoms with Crippen LogP contribution in [0.25, 0.3) is 33.9 Å². The number of halogens is 3. The highest BCUT2D eigenvalue weighted by Crippen LogP contribution is 2.40. The highest BCUT2D eigenvalue weighted by atomic mass is 19.4. The van der Waals surface area contributed by atoms with Crippen molar-refractivity contribution in [2.24, 2.45) is 5.92 Å². The maximum Gasteiger partial charge on any atom is 0.419 e. The summed E-state index contributed by atoms with van der Waals surface area (Å²) in [5.41, 5.74) is 1.57. The average molecular weight is 400 g/mol. The van der Waals surface area contributed by atoms with Crippen LogP contribution in [0.4, 0.5) is 13.2 Å². The van der Waals surface area contributed by atoms with Crippen LogP contribution in [0.15, 0.2) is 47.2 Å². The summed E-state index contributed by atoms with van der Waals surface area (Å²) in [6.45, 7) is 0.295. The highest BCUT2D eigenvalue weighted by Gasteiger charge is 2.36. The lowest BCUT2D eigenvalue weighted by molar-refractivity contribution is -0.138. The molecule has 1 saturated carbocycles. The molecular weight excluding hydrogens is 385 g/mol. The molecule has 0 saturated heterocycles. The Morgan fingerprint density at radius 1 is 1.10 bits per heavy atom. The number of H-pyrrole nitrogens is 1. The molecule has 5 rings (SSSR count). The number of benzene rings is 2. The first kappa shape index (κ1) is 17.7. The molecule has 9 heteroatoms. The molecule has 1 N–H and O–H groups in total. The van der Waals surface area contributed by atoms with Crippen molar-refractivity contribution in [2.45, 2.75) is 19.0 Å². The lowest BCUT2D eigenvalue weighted by atomic mass is 10.1. The highest BCUT2D eigenvalue weighted by molar-refractivity contribution is 5.80. The molecule has 2 aromatic heterocycles. The number of fused-ring (bicyclic) bond motifs is 1. The molecule has 2 heterocycles. The second-order valence-corrected chi connectivity index (χ2v) is 7.02. The van der Waals surface area contributed by atoms with Crippen LogP contribution in [0.1, 0.15) is 18.4 Å². The minimum Gasteiger partial charge on any atom is -0.493 e. The number of nitrogens with one attached hydrogen (secondary N) is 1. The third-order valence-corrected chi connectivity index (χ3v) is 4.81. The molecule has 2 aromatic carbocycles. The van der Waals surface area contributed by atoms with Crippen LogP contribution in [0.5, 0.6) is 5.75 Å². The van der Waals surface area contributed by atoms with Crippen molar-refractivity contribution in [3.8, 4) is 28.6 Å². The summed E-state index contributed by atoms with van der Waals surface area (Å²) in [7, 11) is 0. The minimum absolute atomic E-state index is 0.00366. The number of aromatic amines is 1. The molecule has 0 amide bonds. The fourth-order valence-electron chi connectivity index (χ4n) is 3.04. The summed E-state index contributed by atoms with van der Waals surface area (Å²) < 4.78 is 51.2. The zero-order valence-electron chi connectivity index (χ0n) is 15.0. The van der Waals surface area contributed by atoms with Gasteiger partial charge in [0, 0.05) is 11.1 Å². The third-order valence-electron chi connectivity index (χ3n) is 4.81. The van der Waals surface area contributed by atoms with Crippen LogP contribution in [0, 0.1) is 5.92 Å². The Hall–Kier alpha value is -3.36. The van der Waals surface area contributed by atoms with Crippen LogP contribution < -0.4 is 4.74 Å². The van der Waals surface area contributed by atoms with Gasteiger partial charge in [0.25, 0.3) is 5.89 Å². The minimum atomic E-state index is -4.55. The monoisotopic (exact) mass is 400 g/mol. The number of hydrogen-bond donors (Lipinski definition) is 1. The van der Waals surface area contributed by atoms with E-state index in [1.165, 1.54) is 12.1 Å². The second-order valence-electron chi connectivity index (χ2n) is 7.02. The summed E-state index contributed by atoms with van der Waals surface area (Å²) in [5, 5.41) is 3.90. The fourth-order valence-corrected chi connectivity index (χ4v) is 3.04. The van der Waals surface area contributed by atoms with Gasteiger partial charge in [-0.05, 0) is 55.2 Å². The van der Waals surface area contributed by atoms with Crippen LogP contribution in [0.2, 0.25) is 0 Å². The van der Waals surface area contributed by atoms with Gasteiger partial charge in [0.2, 0.25) is 5.82 Å². The number of rotatable bonds is 5. The van der Waals surface area contributed by atoms with Gasteiger partial charge in [0.1, 0.15) is 5.75 Å². The smallest absolute Gasteiger partial charge is 0.419 e. The zero-order valence-corrected chi connectivity index (χ0v) is 15.0. The van der Waals surface area contributed by atoms with Gasteiger partial charge < -0.3 is 14.2 Å². The summed E-state index contributed by atoms with van der Waals surface area (Å²) >= 11 is 0. The molecule has 0 radical (unpaired) electrons. The van der Waals surface area contributed by atoms with E-state index in [0.29, 0.717) is 18.1 Å². The first-order chi connectivity index (χ1) is 14.0. The summed E-state index contributed by atoms with van der Waals surface area (Å²) in [5.74, 6) is 0.446. The predicted octanol–water partition coefficient (Wildman–Crippen LogP) is 5.09. The van der Waals surface area contributed by atoms with Crippen molar-refractivity contribution in [1.82, 2.24) is 20.1 Å². The second kappa shape index (κ2) is 6.61. The molecule has 6 nitrogen and oxygen atoms in total. The largest absolute Gasteiger partial charge is 0.493 e. The Morgan fingerprint density at radius 2 is 1.93 bits per heavy atom. The number of imidazole rings is 1. The summed E-state index contributed by atoms with van der Waals surface area (Å²) in [4.78, 5) is 11.4. The normalized spacial score (nSPS) is 14.4. The Bertz CT molecular complexity index is 1180. The van der Waals surface area contributed by atoms with E-state index < -0.39 is 11.7 Å². The Kier molecular flexibility index (Phi) is 4.04. The van der Waals surface area contributed by atoms with Crippen molar-refractivity contribution < 1.29 is 22.4 Å². The van der Waals surface area contributed by atoms with E-state index in [0.717, 1.165) is 29.9 Å². The maximum atomic E-state index is 13.5. The Balaban J connectivity index is 1.47. The average Bonchev–Trinajstić information content (AvgIpc) is 3.20. The molecule has 0 aliphatic heterocycles. The number of nitrogens with zero attached hydrogens (tertiary/aromatic N) is 3. The predicted molar refractivity (Wildman–Crippen MR) is 98.0 cm³/mol. The van der Waals surface area contributed by atoms with E-state index in [9.17, 15) is 13.2 Å². The summed E-state index contributed by atoms with van der Waals surface area (Å²) in [6, 6.07) is 9.15. The van der Waals surface area contributed by atoms with E-state index in [1.807, 2.05) is 0 Å². The molecule has 1 aliphatic carbocycles. The van der Waals surface area contributed by atoms with E-state index in [1.54, 1.807) is 24.5 Å². The number of ether oxygens (including phenoxy) is 1. The third kappa shape index (κ3) is 3.55. The van der Waals surface area contributed by atoms with Crippen LogP contribution in [0.3, 0.4) is 0 Å². The fraction of sp³-hybridized carbons (Fsp3) is 0.250. The van der Waals surface area contributed by atoms with E-state index in [-0.39, 0.29) is 23.0 Å². The number of aromatic nitrogens is 4. The molecule has 0 spiro atoms. The molecule has 0 unspecified atom stereocenters. The van der Waals surface area contributed by atoms with Crippen LogP contribution in [-0.4, -0.2) is 26.7 Å². The van der Waals surface area contributed by atoms with Crippen molar-refractivity contribution in [3.05, 3.63) is 48.3 Å². The molecule has 1 aliphatic rings. The number of alkyl halides is 3. The standard InChI is InChI=1S/C20H15F3N4O2/c21-20(22,23)14-7-13(4-6-17(14)28-9-11-1-2-11)19-26-18(27-29-19)12-3-5-15-16(8-12)25-10-24-15/h3-8,10-11H,1-2,9H2,(H,24,25). The van der Waals surface area contributed by atoms with Gasteiger partial charge in [-0.1, -0.05) is 5.16 Å². The van der Waals surface area contributed by atoms with Gasteiger partial charge in [-0.25, -0.2) is 4.98 Å². The van der Waals surface area contributed by atoms with Gasteiger partial charge in [0.15, 0.2) is 0 Å². The molecule has 148 valence electrons. The van der Waals surface area contributed by atoms with E-state index in [2.05, 4.69) is 20.1 Å². The first-order valence-corrected chi connectivity index (χ1v) is 9.09. The molecule has 0 atom stereocenters. The van der Waals surface area contributed by atoms with Crippen molar-refractivity contribution in [3.63, 3.8) is 0 Å². The topological polar surface area (TPSA) is 76.8 Å². The van der Waals surface area contributed by atoms with Crippen molar-refractivity contribution in [2.75, 3.05) is 6.61 Å². The van der Waals surface area contributed by atoms with Crippen molar-refractivity contribution >= 4 is 11.0 Å². The molecular formula is C20H15F3N4O2. The quantitative estimate of drug-likeness (QED) is 0.505. The van der Waals surface area contributed by atoms with Gasteiger partial charge in [0.05, 0.1) is 29.5 Å². The first-order valence-electron chi connectivity index (χ1n) is 9.09. The van der Waals surface area contributed by atoms with Crippen LogP contribution >= 0.6 is 0 Å². The van der Waals surface area contributed by atoms with Gasteiger partial charge in [-0.3, -0.25) is 0 Å². The lowest BCUT2D eigenvalue weighted by Crippen LogP contribution is -2.10. The zero-order chi connectivity index (χ0) is 20.0. The van der Waals surface area contributed by atoms with E-state index >= 15 is 0 Å². The Morgan fingerprint density at radius 3 is 2.72 bits per heavy atom. The molecule has 0 bridgehead atoms. The lowest BCUT2D eigenvalue weighted by Gasteiger charge is -2.14. The van der Waals surface area contributed by atoms with Gasteiger partial charge >= 0.3 is 6.18 Å². The van der Waals surface area contributed by atoms with Gasteiger partial charge in [-0.2, -0.15) is 18.2 Å². The number of hydrogen-bond acceptors (Lipinski definition) is 5.